The Morgan fingerprint density at radius 1 is 1.10 bits per heavy atom. The van der Waals surface area contributed by atoms with E-state index >= 15 is 0 Å². The molecule has 0 bridgehead atoms. The molecule has 0 aromatic rings. The maximum Gasteiger partial charge on any atom is 0.246 e. The average molecular weight is 411 g/mol. The van der Waals surface area contributed by atoms with Gasteiger partial charge < -0.3 is 15.5 Å². The van der Waals surface area contributed by atoms with Gasteiger partial charge >= 0.3 is 0 Å². The molecule has 29 heavy (non-hydrogen) atoms. The van der Waals surface area contributed by atoms with Crippen LogP contribution in [0.4, 0.5) is 0 Å². The minimum Gasteiger partial charge on any atom is -0.358 e. The third-order valence-corrected chi connectivity index (χ3v) is 6.31. The Bertz CT molecular complexity index is 552. The second-order valence-corrected chi connectivity index (χ2v) is 8.72. The van der Waals surface area contributed by atoms with E-state index in [1.54, 1.807) is 11.9 Å². The lowest BCUT2D eigenvalue weighted by atomic mass is 9.93. The van der Waals surface area contributed by atoms with Crippen LogP contribution in [0.2, 0.25) is 0 Å². The summed E-state index contributed by atoms with van der Waals surface area (Å²) < 4.78 is 0. The molecule has 0 aromatic heterocycles. The standard InChI is InChI=1S/C22H42N4O3/c1-8-16(5)20(24-21(28)18-12-10-11-13-25(18)7)22(29)26(14-19(27)23-6)17(9-2)15(3)4/h15-18,20H,8-14H2,1-7H3,(H,23,27)(H,24,28). The van der Waals surface area contributed by atoms with E-state index < -0.39 is 6.04 Å². The lowest BCUT2D eigenvalue weighted by molar-refractivity contribution is -0.144. The van der Waals surface area contributed by atoms with E-state index in [9.17, 15) is 14.4 Å². The second kappa shape index (κ2) is 12.2. The van der Waals surface area contributed by atoms with Crippen molar-refractivity contribution in [2.45, 2.75) is 84.8 Å². The molecule has 0 radical (unpaired) electrons. The number of rotatable bonds is 10. The third kappa shape index (κ3) is 6.98. The van der Waals surface area contributed by atoms with E-state index in [1.807, 2.05) is 27.8 Å². The van der Waals surface area contributed by atoms with Crippen LogP contribution in [0, 0.1) is 11.8 Å². The monoisotopic (exact) mass is 410 g/mol. The van der Waals surface area contributed by atoms with Gasteiger partial charge in [-0.15, -0.1) is 0 Å². The number of nitrogens with zero attached hydrogens (tertiary/aromatic N) is 2. The van der Waals surface area contributed by atoms with Gasteiger partial charge in [0.05, 0.1) is 12.6 Å². The van der Waals surface area contributed by atoms with Crippen LogP contribution in [-0.2, 0) is 14.4 Å². The summed E-state index contributed by atoms with van der Waals surface area (Å²) in [6.45, 7) is 11.1. The van der Waals surface area contributed by atoms with E-state index in [2.05, 4.69) is 29.4 Å². The molecule has 0 aliphatic carbocycles. The Balaban J connectivity index is 3.11. The Morgan fingerprint density at radius 3 is 2.24 bits per heavy atom. The molecular formula is C22H42N4O3. The van der Waals surface area contributed by atoms with Gasteiger partial charge in [-0.05, 0) is 44.7 Å². The highest BCUT2D eigenvalue weighted by molar-refractivity contribution is 5.92. The zero-order valence-corrected chi connectivity index (χ0v) is 19.5. The van der Waals surface area contributed by atoms with E-state index in [0.29, 0.717) is 0 Å². The van der Waals surface area contributed by atoms with Crippen molar-refractivity contribution in [2.24, 2.45) is 11.8 Å². The minimum absolute atomic E-state index is 0.0121. The summed E-state index contributed by atoms with van der Waals surface area (Å²) in [4.78, 5) is 42.5. The van der Waals surface area contributed by atoms with Gasteiger partial charge in [-0.25, -0.2) is 0 Å². The highest BCUT2D eigenvalue weighted by atomic mass is 16.2. The summed E-state index contributed by atoms with van der Waals surface area (Å²) in [6.07, 6.45) is 4.46. The van der Waals surface area contributed by atoms with Crippen molar-refractivity contribution in [2.75, 3.05) is 27.2 Å². The van der Waals surface area contributed by atoms with Crippen LogP contribution in [0.25, 0.3) is 0 Å². The Labute approximate surface area is 177 Å². The maximum atomic E-state index is 13.6. The first-order valence-corrected chi connectivity index (χ1v) is 11.2. The fourth-order valence-electron chi connectivity index (χ4n) is 4.16. The van der Waals surface area contributed by atoms with Crippen LogP contribution in [0.5, 0.6) is 0 Å². The van der Waals surface area contributed by atoms with Crippen LogP contribution in [-0.4, -0.2) is 72.8 Å². The Morgan fingerprint density at radius 2 is 1.76 bits per heavy atom. The fraction of sp³-hybridized carbons (Fsp3) is 0.864. The van der Waals surface area contributed by atoms with Crippen molar-refractivity contribution in [3.63, 3.8) is 0 Å². The van der Waals surface area contributed by atoms with E-state index in [1.165, 1.54) is 0 Å². The third-order valence-electron chi connectivity index (χ3n) is 6.31. The van der Waals surface area contributed by atoms with Crippen molar-refractivity contribution < 1.29 is 14.4 Å². The zero-order valence-electron chi connectivity index (χ0n) is 19.5. The smallest absolute Gasteiger partial charge is 0.246 e. The summed E-state index contributed by atoms with van der Waals surface area (Å²) in [6, 6.07) is -0.872. The lowest BCUT2D eigenvalue weighted by Crippen LogP contribution is -2.59. The van der Waals surface area contributed by atoms with Crippen LogP contribution in [0.1, 0.15) is 66.7 Å². The van der Waals surface area contributed by atoms with E-state index in [-0.39, 0.29) is 48.2 Å². The summed E-state index contributed by atoms with van der Waals surface area (Å²) in [7, 11) is 3.54. The molecule has 1 saturated heterocycles. The first kappa shape index (κ1) is 25.4. The van der Waals surface area contributed by atoms with E-state index in [4.69, 9.17) is 0 Å². The van der Waals surface area contributed by atoms with Gasteiger partial charge in [0.1, 0.15) is 6.04 Å². The van der Waals surface area contributed by atoms with Gasteiger partial charge in [0.2, 0.25) is 17.7 Å². The number of piperidine rings is 1. The predicted molar refractivity (Wildman–Crippen MR) is 116 cm³/mol. The molecule has 1 aliphatic heterocycles. The lowest BCUT2D eigenvalue weighted by Gasteiger charge is -2.38. The molecule has 1 fully saturated rings. The largest absolute Gasteiger partial charge is 0.358 e. The average Bonchev–Trinajstić information content (AvgIpc) is 2.70. The SMILES string of the molecule is CCC(C)C(NC(=O)C1CCCCN1C)C(=O)N(CC(=O)NC)C(CC)C(C)C. The van der Waals surface area contributed by atoms with Crippen molar-refractivity contribution in [1.29, 1.82) is 0 Å². The van der Waals surface area contributed by atoms with Crippen LogP contribution >= 0.6 is 0 Å². The van der Waals surface area contributed by atoms with E-state index in [0.717, 1.165) is 38.6 Å². The first-order valence-electron chi connectivity index (χ1n) is 11.2. The van der Waals surface area contributed by atoms with Gasteiger partial charge in [0.25, 0.3) is 0 Å². The molecule has 1 aliphatic rings. The molecule has 0 aromatic carbocycles. The number of likely N-dealkylation sites (N-methyl/N-ethyl adjacent to an activating group) is 2. The summed E-state index contributed by atoms with van der Waals surface area (Å²) >= 11 is 0. The topological polar surface area (TPSA) is 81.8 Å². The number of hydrogen-bond donors (Lipinski definition) is 2. The van der Waals surface area contributed by atoms with Crippen molar-refractivity contribution >= 4 is 17.7 Å². The number of carbonyl (C=O) groups is 3. The van der Waals surface area contributed by atoms with Crippen LogP contribution in [0.3, 0.4) is 0 Å². The number of hydrogen-bond acceptors (Lipinski definition) is 4. The Kier molecular flexibility index (Phi) is 10.6. The Hall–Kier alpha value is -1.63. The molecule has 1 heterocycles. The van der Waals surface area contributed by atoms with Gasteiger partial charge in [0, 0.05) is 13.1 Å². The quantitative estimate of drug-likeness (QED) is 0.577. The molecule has 168 valence electrons. The van der Waals surface area contributed by atoms with Gasteiger partial charge in [-0.2, -0.15) is 0 Å². The maximum absolute atomic E-state index is 13.6. The minimum atomic E-state index is -0.625. The summed E-state index contributed by atoms with van der Waals surface area (Å²) in [5.41, 5.74) is 0. The van der Waals surface area contributed by atoms with Gasteiger partial charge in [-0.1, -0.05) is 47.5 Å². The van der Waals surface area contributed by atoms with Crippen molar-refractivity contribution in [1.82, 2.24) is 20.4 Å². The molecular weight excluding hydrogens is 368 g/mol. The van der Waals surface area contributed by atoms with Gasteiger partial charge in [0.15, 0.2) is 0 Å². The van der Waals surface area contributed by atoms with Gasteiger partial charge in [-0.3, -0.25) is 19.3 Å². The molecule has 0 saturated carbocycles. The molecule has 7 nitrogen and oxygen atoms in total. The van der Waals surface area contributed by atoms with Crippen LogP contribution in [0.15, 0.2) is 0 Å². The van der Waals surface area contributed by atoms with Crippen molar-refractivity contribution in [3.8, 4) is 0 Å². The number of likely N-dealkylation sites (tertiary alicyclic amines) is 1. The molecule has 1 rings (SSSR count). The normalized spacial score (nSPS) is 20.6. The second-order valence-electron chi connectivity index (χ2n) is 8.72. The highest BCUT2D eigenvalue weighted by Crippen LogP contribution is 2.21. The summed E-state index contributed by atoms with van der Waals surface area (Å²) in [5, 5.41) is 5.68. The number of carbonyl (C=O) groups excluding carboxylic acids is 3. The molecule has 0 spiro atoms. The first-order chi connectivity index (χ1) is 13.7. The van der Waals surface area contributed by atoms with Crippen molar-refractivity contribution in [3.05, 3.63) is 0 Å². The fourth-order valence-corrected chi connectivity index (χ4v) is 4.16. The number of nitrogens with one attached hydrogen (secondary N) is 2. The molecule has 4 unspecified atom stereocenters. The molecule has 2 N–H and O–H groups in total. The number of amides is 3. The zero-order chi connectivity index (χ0) is 22.1. The van der Waals surface area contributed by atoms with Crippen LogP contribution < -0.4 is 10.6 Å². The molecule has 3 amide bonds. The molecule has 7 heteroatoms. The highest BCUT2D eigenvalue weighted by Gasteiger charge is 2.37. The summed E-state index contributed by atoms with van der Waals surface area (Å²) in [5.74, 6) is -0.235. The predicted octanol–water partition coefficient (Wildman–Crippen LogP) is 2.01. The molecule has 4 atom stereocenters.